The van der Waals surface area contributed by atoms with E-state index in [0.717, 1.165) is 50.4 Å². The largest absolute Gasteiger partial charge is 0.489 e. The van der Waals surface area contributed by atoms with E-state index < -0.39 is 0 Å². The van der Waals surface area contributed by atoms with Gasteiger partial charge in [-0.1, -0.05) is 30.3 Å². The van der Waals surface area contributed by atoms with Crippen LogP contribution < -0.4 is 4.74 Å². The average molecular weight is 375 g/mol. The monoisotopic (exact) mass is 375 g/mol. The van der Waals surface area contributed by atoms with Crippen LogP contribution in [0.1, 0.15) is 11.1 Å². The number of aromatic nitrogens is 2. The van der Waals surface area contributed by atoms with E-state index in [9.17, 15) is 0 Å². The summed E-state index contributed by atoms with van der Waals surface area (Å²) in [5.74, 6) is 0.793. The topological polar surface area (TPSA) is 70.9 Å². The molecule has 0 aliphatic rings. The quantitative estimate of drug-likeness (QED) is 0.379. The van der Waals surface area contributed by atoms with Gasteiger partial charge in [-0.2, -0.15) is 5.26 Å². The van der Waals surface area contributed by atoms with E-state index in [1.54, 1.807) is 13.3 Å². The van der Waals surface area contributed by atoms with Gasteiger partial charge in [0.25, 0.3) is 0 Å². The van der Waals surface area contributed by atoms with E-state index in [4.69, 9.17) is 14.7 Å². The van der Waals surface area contributed by atoms with Gasteiger partial charge in [0.2, 0.25) is 0 Å². The molecule has 0 unspecified atom stereocenters. The van der Waals surface area contributed by atoms with E-state index in [1.807, 2.05) is 48.5 Å². The van der Waals surface area contributed by atoms with Crippen molar-refractivity contribution in [3.05, 3.63) is 65.9 Å². The maximum absolute atomic E-state index is 9.07. The first-order valence-electron chi connectivity index (χ1n) is 8.45. The Labute approximate surface area is 160 Å². The molecule has 0 saturated carbocycles. The van der Waals surface area contributed by atoms with Crippen molar-refractivity contribution in [2.24, 2.45) is 0 Å². The van der Waals surface area contributed by atoms with Crippen LogP contribution in [0.2, 0.25) is 0 Å². The van der Waals surface area contributed by atoms with Gasteiger partial charge in [0.05, 0.1) is 18.3 Å². The van der Waals surface area contributed by atoms with Crippen molar-refractivity contribution in [2.75, 3.05) is 7.11 Å². The molecule has 0 radical (unpaired) electrons. The summed E-state index contributed by atoms with van der Waals surface area (Å²) in [4.78, 5) is 7.79. The van der Waals surface area contributed by atoms with Crippen LogP contribution in [0, 0.1) is 10.7 Å². The van der Waals surface area contributed by atoms with Gasteiger partial charge in [0, 0.05) is 40.7 Å². The second-order valence-electron chi connectivity index (χ2n) is 6.06. The molecule has 2 heterocycles. The van der Waals surface area contributed by atoms with Crippen LogP contribution in [0.3, 0.4) is 0 Å². The number of hydrogen-bond acceptors (Lipinski definition) is 5. The molecule has 0 amide bonds. The number of nitriles is 1. The van der Waals surface area contributed by atoms with Crippen LogP contribution in [0.5, 0.6) is 5.75 Å². The lowest BCUT2D eigenvalue weighted by atomic mass is 10.1. The summed E-state index contributed by atoms with van der Waals surface area (Å²) < 4.78 is 11.3. The molecule has 6 heteroatoms. The summed E-state index contributed by atoms with van der Waals surface area (Å²) >= 11 is 1.05. The van der Waals surface area contributed by atoms with Crippen molar-refractivity contribution in [1.82, 2.24) is 9.97 Å². The molecule has 0 bridgehead atoms. The number of benzene rings is 2. The third-order valence-corrected chi connectivity index (χ3v) is 4.99. The molecule has 1 N–H and O–H groups in total. The maximum atomic E-state index is 9.07. The summed E-state index contributed by atoms with van der Waals surface area (Å²) in [6.45, 7) is 0.896. The number of thiocyanates is 1. The van der Waals surface area contributed by atoms with Crippen molar-refractivity contribution < 1.29 is 9.47 Å². The minimum atomic E-state index is 0.385. The van der Waals surface area contributed by atoms with Crippen LogP contribution >= 0.6 is 11.8 Å². The van der Waals surface area contributed by atoms with Gasteiger partial charge in [0.15, 0.2) is 0 Å². The molecule has 5 nitrogen and oxygen atoms in total. The third kappa shape index (κ3) is 3.47. The summed E-state index contributed by atoms with van der Waals surface area (Å²) in [5.41, 5.74) is 3.94. The lowest BCUT2D eigenvalue weighted by Crippen LogP contribution is -1.95. The molecular formula is C21H17N3O2S. The minimum Gasteiger partial charge on any atom is -0.489 e. The van der Waals surface area contributed by atoms with Gasteiger partial charge in [0.1, 0.15) is 22.8 Å². The highest BCUT2D eigenvalue weighted by atomic mass is 32.2. The SMILES string of the molecule is COCc1c(SC#N)ncc2[nH]c3ccc(OCc4ccccc4)cc3c12. The number of H-pyrrole nitrogens is 1. The van der Waals surface area contributed by atoms with Gasteiger partial charge < -0.3 is 14.5 Å². The number of aromatic amines is 1. The Kier molecular flexibility index (Phi) is 4.97. The van der Waals surface area contributed by atoms with Crippen LogP contribution in [0.25, 0.3) is 21.8 Å². The Morgan fingerprint density at radius 1 is 1.11 bits per heavy atom. The number of hydrogen-bond donors (Lipinski definition) is 1. The number of pyridine rings is 1. The van der Waals surface area contributed by atoms with E-state index in [2.05, 4.69) is 15.4 Å². The lowest BCUT2D eigenvalue weighted by Gasteiger charge is -2.08. The molecule has 0 fully saturated rings. The van der Waals surface area contributed by atoms with Gasteiger partial charge in [-0.05, 0) is 23.8 Å². The Bertz CT molecular complexity index is 1130. The Morgan fingerprint density at radius 3 is 2.74 bits per heavy atom. The van der Waals surface area contributed by atoms with Crippen LogP contribution in [0.15, 0.2) is 59.8 Å². The Morgan fingerprint density at radius 2 is 1.96 bits per heavy atom. The third-order valence-electron chi connectivity index (χ3n) is 4.35. The Balaban J connectivity index is 1.78. The number of thioether (sulfide) groups is 1. The maximum Gasteiger partial charge on any atom is 0.140 e. The molecule has 2 aromatic carbocycles. The smallest absolute Gasteiger partial charge is 0.140 e. The normalized spacial score (nSPS) is 11.0. The van der Waals surface area contributed by atoms with E-state index in [1.165, 1.54) is 0 Å². The van der Waals surface area contributed by atoms with Gasteiger partial charge in [-0.25, -0.2) is 4.98 Å². The molecule has 0 atom stereocenters. The molecule has 2 aromatic heterocycles. The molecule has 134 valence electrons. The summed E-state index contributed by atoms with van der Waals surface area (Å²) in [6.07, 6.45) is 1.76. The highest BCUT2D eigenvalue weighted by Crippen LogP contribution is 2.35. The van der Waals surface area contributed by atoms with E-state index in [-0.39, 0.29) is 0 Å². The first-order valence-corrected chi connectivity index (χ1v) is 9.26. The molecule has 0 aliphatic heterocycles. The Hall–Kier alpha value is -3.01. The number of rotatable bonds is 6. The summed E-state index contributed by atoms with van der Waals surface area (Å²) in [7, 11) is 1.64. The van der Waals surface area contributed by atoms with Gasteiger partial charge in [-0.3, -0.25) is 0 Å². The first kappa shape index (κ1) is 17.4. The molecular weight excluding hydrogens is 358 g/mol. The van der Waals surface area contributed by atoms with Crippen LogP contribution in [0.4, 0.5) is 0 Å². The van der Waals surface area contributed by atoms with Crippen LogP contribution in [-0.4, -0.2) is 17.1 Å². The number of ether oxygens (including phenoxy) is 2. The lowest BCUT2D eigenvalue weighted by molar-refractivity contribution is 0.183. The fourth-order valence-electron chi connectivity index (χ4n) is 3.16. The van der Waals surface area contributed by atoms with E-state index >= 15 is 0 Å². The molecule has 0 aliphatic carbocycles. The molecule has 27 heavy (non-hydrogen) atoms. The second kappa shape index (κ2) is 7.70. The van der Waals surface area contributed by atoms with E-state index in [0.29, 0.717) is 18.2 Å². The predicted octanol–water partition coefficient (Wildman–Crippen LogP) is 5.01. The fraction of sp³-hybridized carbons (Fsp3) is 0.143. The van der Waals surface area contributed by atoms with Crippen molar-refractivity contribution in [3.8, 4) is 11.2 Å². The van der Waals surface area contributed by atoms with Crippen LogP contribution in [-0.2, 0) is 18.0 Å². The summed E-state index contributed by atoms with van der Waals surface area (Å²) in [5, 5.41) is 13.9. The molecule has 0 spiro atoms. The zero-order chi connectivity index (χ0) is 18.6. The number of nitrogens with one attached hydrogen (secondary N) is 1. The highest BCUT2D eigenvalue weighted by molar-refractivity contribution is 8.03. The predicted molar refractivity (Wildman–Crippen MR) is 107 cm³/mol. The van der Waals surface area contributed by atoms with Crippen molar-refractivity contribution in [1.29, 1.82) is 5.26 Å². The fourth-order valence-corrected chi connectivity index (χ4v) is 3.64. The molecule has 4 rings (SSSR count). The number of methoxy groups -OCH3 is 1. The molecule has 0 saturated heterocycles. The van der Waals surface area contributed by atoms with Gasteiger partial charge in [-0.15, -0.1) is 0 Å². The second-order valence-corrected chi connectivity index (χ2v) is 6.84. The van der Waals surface area contributed by atoms with Gasteiger partial charge >= 0.3 is 0 Å². The van der Waals surface area contributed by atoms with Crippen molar-refractivity contribution in [2.45, 2.75) is 18.2 Å². The standard InChI is InChI=1S/C21H17N3O2S/c1-25-12-17-20-16-9-15(26-11-14-5-3-2-4-6-14)7-8-18(16)24-19(20)10-23-21(17)27-13-22/h2-10,24H,11-12H2,1H3. The number of nitrogens with zero attached hydrogens (tertiary/aromatic N) is 2. The minimum absolute atomic E-state index is 0.385. The number of fused-ring (bicyclic) bond motifs is 3. The average Bonchev–Trinajstić information content (AvgIpc) is 3.07. The molecule has 4 aromatic rings. The van der Waals surface area contributed by atoms with Crippen molar-refractivity contribution >= 4 is 33.6 Å². The zero-order valence-electron chi connectivity index (χ0n) is 14.7. The summed E-state index contributed by atoms with van der Waals surface area (Å²) in [6, 6.07) is 16.1. The zero-order valence-corrected chi connectivity index (χ0v) is 15.5. The van der Waals surface area contributed by atoms with Crippen molar-refractivity contribution in [3.63, 3.8) is 0 Å². The first-order chi connectivity index (χ1) is 13.3. The highest BCUT2D eigenvalue weighted by Gasteiger charge is 2.15.